The van der Waals surface area contributed by atoms with E-state index in [1.165, 1.54) is 4.90 Å². The van der Waals surface area contributed by atoms with Crippen LogP contribution in [0.5, 0.6) is 0 Å². The summed E-state index contributed by atoms with van der Waals surface area (Å²) < 4.78 is 1.71. The molecule has 0 radical (unpaired) electrons. The average Bonchev–Trinajstić information content (AvgIpc) is 3.21. The van der Waals surface area contributed by atoms with E-state index in [2.05, 4.69) is 5.10 Å². The molecule has 156 valence electrons. The maximum Gasteiger partial charge on any atom is 0.257 e. The number of aromatic nitrogens is 2. The maximum atomic E-state index is 13.0. The molecule has 0 spiro atoms. The van der Waals surface area contributed by atoms with Crippen molar-refractivity contribution in [2.75, 3.05) is 20.6 Å². The molecule has 1 heterocycles. The molecular weight excluding hydrogens is 400 g/mol. The van der Waals surface area contributed by atoms with Gasteiger partial charge < -0.3 is 9.80 Å². The van der Waals surface area contributed by atoms with E-state index in [9.17, 15) is 9.59 Å². The zero-order chi connectivity index (χ0) is 21.7. The average molecular weight is 425 g/mol. The molecule has 1 aromatic heterocycles. The third kappa shape index (κ3) is 5.07. The van der Waals surface area contributed by atoms with Crippen molar-refractivity contribution in [2.24, 2.45) is 0 Å². The van der Waals surface area contributed by atoms with E-state index in [4.69, 9.17) is 11.6 Å². The molecule has 0 atom stereocenters. The van der Waals surface area contributed by atoms with Crippen LogP contribution in [0.1, 0.15) is 38.8 Å². The molecule has 2 amide bonds. The van der Waals surface area contributed by atoms with Crippen molar-refractivity contribution < 1.29 is 9.59 Å². The zero-order valence-electron chi connectivity index (χ0n) is 17.4. The minimum Gasteiger partial charge on any atom is -0.345 e. The van der Waals surface area contributed by atoms with E-state index >= 15 is 0 Å². The van der Waals surface area contributed by atoms with Gasteiger partial charge in [-0.15, -0.1) is 0 Å². The number of carbonyl (C=O) groups is 2. The maximum absolute atomic E-state index is 13.0. The Labute approximate surface area is 181 Å². The number of benzene rings is 2. The molecule has 0 fully saturated rings. The third-order valence-electron chi connectivity index (χ3n) is 4.82. The number of hydrogen-bond donors (Lipinski definition) is 0. The summed E-state index contributed by atoms with van der Waals surface area (Å²) in [6, 6.07) is 14.9. The molecule has 2 aromatic carbocycles. The largest absolute Gasteiger partial charge is 0.345 e. The first-order valence-electron chi connectivity index (χ1n) is 9.74. The van der Waals surface area contributed by atoms with Gasteiger partial charge in [0.25, 0.3) is 11.8 Å². The lowest BCUT2D eigenvalue weighted by molar-refractivity contribution is 0.0751. The molecule has 7 heteroatoms. The summed E-state index contributed by atoms with van der Waals surface area (Å²) in [4.78, 5) is 28.3. The van der Waals surface area contributed by atoms with Crippen molar-refractivity contribution in [3.63, 3.8) is 0 Å². The van der Waals surface area contributed by atoms with Crippen molar-refractivity contribution in [2.45, 2.75) is 20.0 Å². The van der Waals surface area contributed by atoms with Crippen molar-refractivity contribution in [3.8, 4) is 0 Å². The van der Waals surface area contributed by atoms with Gasteiger partial charge in [-0.25, -0.2) is 0 Å². The Morgan fingerprint density at radius 3 is 2.33 bits per heavy atom. The first-order chi connectivity index (χ1) is 14.4. The predicted molar refractivity (Wildman–Crippen MR) is 118 cm³/mol. The van der Waals surface area contributed by atoms with Gasteiger partial charge in [-0.3, -0.25) is 14.3 Å². The standard InChI is InChI=1S/C23H25ClN4O2/c1-4-27(14-17-9-11-18(12-10-17)22(29)26(2)3)23(30)20-13-25-28(16-20)15-19-7-5-6-8-21(19)24/h5-13,16H,4,14-15H2,1-3H3. The van der Waals surface area contributed by atoms with Crippen molar-refractivity contribution in [1.82, 2.24) is 19.6 Å². The van der Waals surface area contributed by atoms with Gasteiger partial charge in [0.05, 0.1) is 18.3 Å². The first kappa shape index (κ1) is 21.6. The van der Waals surface area contributed by atoms with Crippen LogP contribution in [0, 0.1) is 0 Å². The van der Waals surface area contributed by atoms with Gasteiger partial charge in [-0.2, -0.15) is 5.10 Å². The topological polar surface area (TPSA) is 58.4 Å². The van der Waals surface area contributed by atoms with Crippen LogP contribution >= 0.6 is 11.6 Å². The summed E-state index contributed by atoms with van der Waals surface area (Å²) in [5.74, 6) is -0.132. The molecule has 30 heavy (non-hydrogen) atoms. The fourth-order valence-electron chi connectivity index (χ4n) is 3.10. The summed E-state index contributed by atoms with van der Waals surface area (Å²) in [5, 5.41) is 4.99. The lowest BCUT2D eigenvalue weighted by Crippen LogP contribution is -2.30. The smallest absolute Gasteiger partial charge is 0.257 e. The van der Waals surface area contributed by atoms with E-state index in [-0.39, 0.29) is 11.8 Å². The highest BCUT2D eigenvalue weighted by atomic mass is 35.5. The van der Waals surface area contributed by atoms with Gasteiger partial charge in [0.1, 0.15) is 0 Å². The Bertz CT molecular complexity index is 1030. The van der Waals surface area contributed by atoms with Gasteiger partial charge >= 0.3 is 0 Å². The van der Waals surface area contributed by atoms with Crippen LogP contribution in [-0.2, 0) is 13.1 Å². The SMILES string of the molecule is CCN(Cc1ccc(C(=O)N(C)C)cc1)C(=O)c1cnn(Cc2ccccc2Cl)c1. The number of hydrogen-bond acceptors (Lipinski definition) is 3. The van der Waals surface area contributed by atoms with Crippen LogP contribution in [0.2, 0.25) is 5.02 Å². The molecule has 0 bridgehead atoms. The highest BCUT2D eigenvalue weighted by molar-refractivity contribution is 6.31. The van der Waals surface area contributed by atoms with Crippen molar-refractivity contribution in [1.29, 1.82) is 0 Å². The summed E-state index contributed by atoms with van der Waals surface area (Å²) in [5.41, 5.74) is 3.06. The molecule has 3 aromatic rings. The lowest BCUT2D eigenvalue weighted by atomic mass is 10.1. The second-order valence-electron chi connectivity index (χ2n) is 7.23. The predicted octanol–water partition coefficient (Wildman–Crippen LogP) is 3.95. The molecule has 6 nitrogen and oxygen atoms in total. The van der Waals surface area contributed by atoms with Crippen LogP contribution in [-0.4, -0.2) is 52.0 Å². The Balaban J connectivity index is 1.68. The lowest BCUT2D eigenvalue weighted by Gasteiger charge is -2.20. The molecule has 0 saturated heterocycles. The molecular formula is C23H25ClN4O2. The number of amides is 2. The van der Waals surface area contributed by atoms with Crippen LogP contribution in [0.15, 0.2) is 60.9 Å². The molecule has 0 aliphatic carbocycles. The molecule has 0 unspecified atom stereocenters. The minimum absolute atomic E-state index is 0.0455. The summed E-state index contributed by atoms with van der Waals surface area (Å²) >= 11 is 6.21. The van der Waals surface area contributed by atoms with E-state index < -0.39 is 0 Å². The minimum atomic E-state index is -0.0867. The third-order valence-corrected chi connectivity index (χ3v) is 5.19. The van der Waals surface area contributed by atoms with Gasteiger partial charge in [-0.05, 0) is 36.2 Å². The summed E-state index contributed by atoms with van der Waals surface area (Å²) in [6.45, 7) is 3.46. The highest BCUT2D eigenvalue weighted by Gasteiger charge is 2.17. The van der Waals surface area contributed by atoms with Crippen LogP contribution in [0.3, 0.4) is 0 Å². The second-order valence-corrected chi connectivity index (χ2v) is 7.64. The Hall–Kier alpha value is -3.12. The van der Waals surface area contributed by atoms with Crippen molar-refractivity contribution >= 4 is 23.4 Å². The molecule has 3 rings (SSSR count). The summed E-state index contributed by atoms with van der Waals surface area (Å²) in [6.07, 6.45) is 3.33. The Kier molecular flexibility index (Phi) is 6.90. The second kappa shape index (κ2) is 9.59. The normalized spacial score (nSPS) is 10.7. The van der Waals surface area contributed by atoms with E-state index in [1.807, 2.05) is 43.3 Å². The number of halogens is 1. The number of nitrogens with zero attached hydrogens (tertiary/aromatic N) is 4. The fourth-order valence-corrected chi connectivity index (χ4v) is 3.30. The van der Waals surface area contributed by atoms with Gasteiger partial charge in [0.15, 0.2) is 0 Å². The monoisotopic (exact) mass is 424 g/mol. The highest BCUT2D eigenvalue weighted by Crippen LogP contribution is 2.17. The van der Waals surface area contributed by atoms with Crippen LogP contribution < -0.4 is 0 Å². The van der Waals surface area contributed by atoms with Crippen LogP contribution in [0.25, 0.3) is 0 Å². The van der Waals surface area contributed by atoms with Gasteiger partial charge in [0, 0.05) is 44.0 Å². The molecule has 0 N–H and O–H groups in total. The van der Waals surface area contributed by atoms with Crippen LogP contribution in [0.4, 0.5) is 0 Å². The van der Waals surface area contributed by atoms with E-state index in [1.54, 1.807) is 48.2 Å². The number of rotatable bonds is 7. The van der Waals surface area contributed by atoms with E-state index in [0.717, 1.165) is 11.1 Å². The molecule has 0 aliphatic heterocycles. The number of carbonyl (C=O) groups excluding carboxylic acids is 2. The van der Waals surface area contributed by atoms with Gasteiger partial charge in [0.2, 0.25) is 0 Å². The first-order valence-corrected chi connectivity index (χ1v) is 10.1. The Morgan fingerprint density at radius 1 is 1.00 bits per heavy atom. The zero-order valence-corrected chi connectivity index (χ0v) is 18.1. The molecule has 0 aliphatic rings. The fraction of sp³-hybridized carbons (Fsp3) is 0.261. The van der Waals surface area contributed by atoms with E-state index in [0.29, 0.717) is 35.8 Å². The van der Waals surface area contributed by atoms with Gasteiger partial charge in [-0.1, -0.05) is 41.9 Å². The quantitative estimate of drug-likeness (QED) is 0.577. The Morgan fingerprint density at radius 2 is 1.70 bits per heavy atom. The summed E-state index contributed by atoms with van der Waals surface area (Å²) in [7, 11) is 3.44. The molecule has 0 saturated carbocycles. The van der Waals surface area contributed by atoms with Crippen molar-refractivity contribution in [3.05, 3.63) is 88.2 Å².